The molecule has 17 heavy (non-hydrogen) atoms. The van der Waals surface area contributed by atoms with Gasteiger partial charge in [-0.1, -0.05) is 12.1 Å². The van der Waals surface area contributed by atoms with Crippen molar-refractivity contribution in [3.05, 3.63) is 6.20 Å². The summed E-state index contributed by atoms with van der Waals surface area (Å²) in [5.74, 6) is 1.11. The SMILES string of the molecule is CCCn1nncc1N1CCCC1CC(C)O. The number of anilines is 1. The first kappa shape index (κ1) is 12.4. The predicted molar refractivity (Wildman–Crippen MR) is 67.0 cm³/mol. The lowest BCUT2D eigenvalue weighted by Gasteiger charge is -2.27. The van der Waals surface area contributed by atoms with E-state index in [4.69, 9.17) is 0 Å². The fourth-order valence-electron chi connectivity index (χ4n) is 2.62. The van der Waals surface area contributed by atoms with Crippen LogP contribution in [0.2, 0.25) is 0 Å². The van der Waals surface area contributed by atoms with Gasteiger partial charge in [-0.15, -0.1) is 5.10 Å². The van der Waals surface area contributed by atoms with Gasteiger partial charge in [-0.25, -0.2) is 4.68 Å². The lowest BCUT2D eigenvalue weighted by molar-refractivity contribution is 0.174. The third-order valence-electron chi connectivity index (χ3n) is 3.32. The van der Waals surface area contributed by atoms with Gasteiger partial charge in [0.1, 0.15) is 5.82 Å². The number of aromatic nitrogens is 3. The molecule has 96 valence electrons. The molecule has 1 aromatic heterocycles. The number of aliphatic hydroxyl groups is 1. The number of hydrogen-bond donors (Lipinski definition) is 1. The number of hydrogen-bond acceptors (Lipinski definition) is 4. The van der Waals surface area contributed by atoms with Gasteiger partial charge in [0.25, 0.3) is 0 Å². The third kappa shape index (κ3) is 2.77. The number of aryl methyl sites for hydroxylation is 1. The molecule has 0 spiro atoms. The van der Waals surface area contributed by atoms with Gasteiger partial charge < -0.3 is 10.0 Å². The molecular weight excluding hydrogens is 216 g/mol. The molecule has 1 aliphatic rings. The second kappa shape index (κ2) is 5.49. The summed E-state index contributed by atoms with van der Waals surface area (Å²) in [6.45, 7) is 5.96. The van der Waals surface area contributed by atoms with Gasteiger partial charge in [-0.3, -0.25) is 0 Å². The molecule has 1 aromatic rings. The minimum atomic E-state index is -0.240. The van der Waals surface area contributed by atoms with Gasteiger partial charge >= 0.3 is 0 Å². The molecule has 2 rings (SSSR count). The number of nitrogens with zero attached hydrogens (tertiary/aromatic N) is 4. The van der Waals surface area contributed by atoms with Crippen LogP contribution in [0.25, 0.3) is 0 Å². The normalized spacial score (nSPS) is 22.1. The zero-order valence-corrected chi connectivity index (χ0v) is 10.7. The van der Waals surface area contributed by atoms with Crippen molar-refractivity contribution in [1.82, 2.24) is 15.0 Å². The van der Waals surface area contributed by atoms with Crippen LogP contribution in [-0.4, -0.2) is 38.8 Å². The quantitative estimate of drug-likeness (QED) is 0.843. The lowest BCUT2D eigenvalue weighted by Crippen LogP contribution is -2.33. The fourth-order valence-corrected chi connectivity index (χ4v) is 2.62. The summed E-state index contributed by atoms with van der Waals surface area (Å²) in [7, 11) is 0. The van der Waals surface area contributed by atoms with Crippen molar-refractivity contribution in [1.29, 1.82) is 0 Å². The standard InChI is InChI=1S/C12H22N4O/c1-3-6-16-12(9-13-14-16)15-7-4-5-11(15)8-10(2)17/h9-11,17H,3-8H2,1-2H3. The first-order valence-electron chi connectivity index (χ1n) is 6.55. The number of aliphatic hydroxyl groups excluding tert-OH is 1. The monoisotopic (exact) mass is 238 g/mol. The van der Waals surface area contributed by atoms with Crippen LogP contribution in [0.4, 0.5) is 5.82 Å². The van der Waals surface area contributed by atoms with Gasteiger partial charge in [0.2, 0.25) is 0 Å². The first-order valence-corrected chi connectivity index (χ1v) is 6.55. The van der Waals surface area contributed by atoms with Crippen molar-refractivity contribution < 1.29 is 5.11 Å². The number of rotatable bonds is 5. The summed E-state index contributed by atoms with van der Waals surface area (Å²) in [5.41, 5.74) is 0. The van der Waals surface area contributed by atoms with E-state index < -0.39 is 0 Å². The summed E-state index contributed by atoms with van der Waals surface area (Å²) >= 11 is 0. The highest BCUT2D eigenvalue weighted by Gasteiger charge is 2.28. The van der Waals surface area contributed by atoms with Crippen LogP contribution in [0.3, 0.4) is 0 Å². The maximum Gasteiger partial charge on any atom is 0.147 e. The van der Waals surface area contributed by atoms with Gasteiger partial charge in [0, 0.05) is 19.1 Å². The van der Waals surface area contributed by atoms with Crippen molar-refractivity contribution in [2.24, 2.45) is 0 Å². The maximum absolute atomic E-state index is 9.54. The summed E-state index contributed by atoms with van der Waals surface area (Å²) in [6, 6.07) is 0.434. The highest BCUT2D eigenvalue weighted by atomic mass is 16.3. The topological polar surface area (TPSA) is 54.2 Å². The Morgan fingerprint density at radius 2 is 2.41 bits per heavy atom. The highest BCUT2D eigenvalue weighted by molar-refractivity contribution is 5.39. The van der Waals surface area contributed by atoms with Crippen LogP contribution in [0.15, 0.2) is 6.20 Å². The van der Waals surface area contributed by atoms with E-state index in [-0.39, 0.29) is 6.10 Å². The van der Waals surface area contributed by atoms with E-state index >= 15 is 0 Å². The van der Waals surface area contributed by atoms with Crippen LogP contribution in [0, 0.1) is 0 Å². The molecule has 0 saturated carbocycles. The van der Waals surface area contributed by atoms with Gasteiger partial charge in [0.15, 0.2) is 0 Å². The van der Waals surface area contributed by atoms with Crippen molar-refractivity contribution in [2.45, 2.75) is 58.2 Å². The molecule has 1 saturated heterocycles. The second-order valence-corrected chi connectivity index (χ2v) is 4.89. The predicted octanol–water partition coefficient (Wildman–Crippen LogP) is 1.43. The molecule has 0 radical (unpaired) electrons. The van der Waals surface area contributed by atoms with Gasteiger partial charge in [-0.2, -0.15) is 0 Å². The molecule has 2 unspecified atom stereocenters. The van der Waals surface area contributed by atoms with Crippen LogP contribution in [0.5, 0.6) is 0 Å². The molecule has 2 heterocycles. The summed E-state index contributed by atoms with van der Waals surface area (Å²) in [6.07, 6.45) is 5.84. The highest BCUT2D eigenvalue weighted by Crippen LogP contribution is 2.27. The van der Waals surface area contributed by atoms with Gasteiger partial charge in [-0.05, 0) is 32.6 Å². The summed E-state index contributed by atoms with van der Waals surface area (Å²) < 4.78 is 1.97. The zero-order chi connectivity index (χ0) is 12.3. The average molecular weight is 238 g/mol. The molecule has 0 aliphatic carbocycles. The molecule has 2 atom stereocenters. The Morgan fingerprint density at radius 1 is 1.59 bits per heavy atom. The van der Waals surface area contributed by atoms with Crippen molar-refractivity contribution in [3.8, 4) is 0 Å². The molecule has 1 N–H and O–H groups in total. The van der Waals surface area contributed by atoms with Crippen molar-refractivity contribution in [3.63, 3.8) is 0 Å². The lowest BCUT2D eigenvalue weighted by atomic mass is 10.1. The van der Waals surface area contributed by atoms with E-state index in [1.807, 2.05) is 17.8 Å². The average Bonchev–Trinajstić information content (AvgIpc) is 2.86. The van der Waals surface area contributed by atoms with Crippen LogP contribution in [-0.2, 0) is 6.54 Å². The summed E-state index contributed by atoms with van der Waals surface area (Å²) in [5, 5.41) is 17.7. The Hall–Kier alpha value is -1.10. The van der Waals surface area contributed by atoms with E-state index in [9.17, 15) is 5.11 Å². The Kier molecular flexibility index (Phi) is 3.99. The molecule has 1 fully saturated rings. The minimum absolute atomic E-state index is 0.240. The Morgan fingerprint density at radius 3 is 3.12 bits per heavy atom. The minimum Gasteiger partial charge on any atom is -0.393 e. The Labute approximate surface area is 102 Å². The van der Waals surface area contributed by atoms with E-state index in [2.05, 4.69) is 22.1 Å². The maximum atomic E-state index is 9.54. The molecule has 0 aromatic carbocycles. The van der Waals surface area contributed by atoms with Crippen molar-refractivity contribution in [2.75, 3.05) is 11.4 Å². The Balaban J connectivity index is 2.11. The van der Waals surface area contributed by atoms with E-state index in [1.165, 1.54) is 6.42 Å². The van der Waals surface area contributed by atoms with Crippen LogP contribution in [0.1, 0.15) is 39.5 Å². The largest absolute Gasteiger partial charge is 0.393 e. The van der Waals surface area contributed by atoms with Crippen molar-refractivity contribution >= 4 is 5.82 Å². The fraction of sp³-hybridized carbons (Fsp3) is 0.833. The first-order chi connectivity index (χ1) is 8.22. The van der Waals surface area contributed by atoms with E-state index in [0.29, 0.717) is 6.04 Å². The molecule has 0 bridgehead atoms. The third-order valence-corrected chi connectivity index (χ3v) is 3.32. The molecule has 5 nitrogen and oxygen atoms in total. The van der Waals surface area contributed by atoms with Gasteiger partial charge in [0.05, 0.1) is 12.3 Å². The zero-order valence-electron chi connectivity index (χ0n) is 10.7. The second-order valence-electron chi connectivity index (χ2n) is 4.89. The van der Waals surface area contributed by atoms with Crippen LogP contribution >= 0.6 is 0 Å². The van der Waals surface area contributed by atoms with Crippen LogP contribution < -0.4 is 4.90 Å². The van der Waals surface area contributed by atoms with E-state index in [0.717, 1.165) is 38.2 Å². The Bertz CT molecular complexity index is 350. The molecule has 5 heteroatoms. The van der Waals surface area contributed by atoms with E-state index in [1.54, 1.807) is 0 Å². The molecular formula is C12H22N4O. The smallest absolute Gasteiger partial charge is 0.147 e. The molecule has 1 aliphatic heterocycles. The molecule has 0 amide bonds. The summed E-state index contributed by atoms with van der Waals surface area (Å²) in [4.78, 5) is 2.35.